The van der Waals surface area contributed by atoms with Gasteiger partial charge in [-0.1, -0.05) is 60.7 Å². The summed E-state index contributed by atoms with van der Waals surface area (Å²) in [4.78, 5) is 41.9. The number of nitrogens with zero attached hydrogens (tertiary/aromatic N) is 2. The molecule has 2 aromatic rings. The number of esters is 1. The summed E-state index contributed by atoms with van der Waals surface area (Å²) in [6, 6.07) is 19.1. The van der Waals surface area contributed by atoms with E-state index in [1.807, 2.05) is 65.6 Å². The van der Waals surface area contributed by atoms with Gasteiger partial charge in [0.05, 0.1) is 13.2 Å². The zero-order valence-corrected chi connectivity index (χ0v) is 19.0. The fourth-order valence-corrected chi connectivity index (χ4v) is 5.99. The van der Waals surface area contributed by atoms with E-state index in [9.17, 15) is 14.4 Å². The lowest BCUT2D eigenvalue weighted by Crippen LogP contribution is -2.43. The molecule has 2 aromatic carbocycles. The number of carbonyl (C=O) groups excluding carboxylic acids is 3. The van der Waals surface area contributed by atoms with Crippen LogP contribution in [0.25, 0.3) is 0 Å². The number of thioether (sulfide) groups is 1. The SMILES string of the molecule is COC(=O)CCCCC(=O)[C@H]1[C@@H]2CS[C@@H](c3ccccc3)N2C(=O)N1Cc1ccccc1. The van der Waals surface area contributed by atoms with Crippen LogP contribution in [0.4, 0.5) is 4.79 Å². The molecule has 2 heterocycles. The molecular formula is C25H28N2O4S. The third kappa shape index (κ3) is 4.67. The lowest BCUT2D eigenvalue weighted by molar-refractivity contribution is -0.140. The molecule has 2 amide bonds. The van der Waals surface area contributed by atoms with E-state index >= 15 is 0 Å². The van der Waals surface area contributed by atoms with Crippen LogP contribution in [-0.2, 0) is 20.9 Å². The van der Waals surface area contributed by atoms with Crippen LogP contribution in [-0.4, -0.2) is 52.5 Å². The van der Waals surface area contributed by atoms with Gasteiger partial charge in [0, 0.05) is 25.1 Å². The summed E-state index contributed by atoms with van der Waals surface area (Å²) in [6.07, 6.45) is 1.88. The van der Waals surface area contributed by atoms with Crippen LogP contribution >= 0.6 is 11.8 Å². The number of amides is 2. The lowest BCUT2D eigenvalue weighted by atomic mass is 9.99. The van der Waals surface area contributed by atoms with Crippen molar-refractivity contribution in [1.29, 1.82) is 0 Å². The Kier molecular flexibility index (Phi) is 7.15. The smallest absolute Gasteiger partial charge is 0.322 e. The molecule has 0 N–H and O–H groups in total. The summed E-state index contributed by atoms with van der Waals surface area (Å²) in [6.45, 7) is 0.414. The molecule has 0 radical (unpaired) electrons. The number of hydrogen-bond acceptors (Lipinski definition) is 5. The standard InChI is InChI=1S/C25H28N2O4S/c1-31-22(29)15-9-8-14-21(28)23-20-17-32-24(19-12-6-3-7-13-19)27(20)25(30)26(23)16-18-10-4-2-5-11-18/h2-7,10-13,20,23-24H,8-9,14-17H2,1H3/t20-,23+,24-/m0/s1. The highest BCUT2D eigenvalue weighted by atomic mass is 32.2. The van der Waals surface area contributed by atoms with Crippen molar-refractivity contribution >= 4 is 29.5 Å². The highest BCUT2D eigenvalue weighted by Gasteiger charge is 2.54. The number of ketones is 1. The zero-order valence-electron chi connectivity index (χ0n) is 18.2. The van der Waals surface area contributed by atoms with Crippen molar-refractivity contribution in [2.24, 2.45) is 0 Å². The molecule has 7 heteroatoms. The van der Waals surface area contributed by atoms with E-state index in [4.69, 9.17) is 0 Å². The van der Waals surface area contributed by atoms with Crippen molar-refractivity contribution in [2.45, 2.75) is 49.7 Å². The van der Waals surface area contributed by atoms with Crippen LogP contribution in [0, 0.1) is 0 Å². The van der Waals surface area contributed by atoms with E-state index in [1.54, 1.807) is 16.7 Å². The first kappa shape index (κ1) is 22.4. The predicted octanol–water partition coefficient (Wildman–Crippen LogP) is 4.41. The van der Waals surface area contributed by atoms with Gasteiger partial charge in [-0.3, -0.25) is 9.59 Å². The molecule has 2 aliphatic rings. The van der Waals surface area contributed by atoms with E-state index in [0.717, 1.165) is 16.9 Å². The number of rotatable bonds is 9. The molecule has 4 rings (SSSR count). The summed E-state index contributed by atoms with van der Waals surface area (Å²) in [5.74, 6) is 0.541. The number of methoxy groups -OCH3 is 1. The number of fused-ring (bicyclic) bond motifs is 1. The van der Waals surface area contributed by atoms with Gasteiger partial charge >= 0.3 is 12.0 Å². The molecule has 6 nitrogen and oxygen atoms in total. The lowest BCUT2D eigenvalue weighted by Gasteiger charge is -2.25. The van der Waals surface area contributed by atoms with Gasteiger partial charge in [0.2, 0.25) is 0 Å². The number of benzene rings is 2. The normalized spacial score (nSPS) is 22.2. The number of carbonyl (C=O) groups is 3. The Morgan fingerprint density at radius 2 is 1.66 bits per heavy atom. The first-order chi connectivity index (χ1) is 15.6. The largest absolute Gasteiger partial charge is 0.469 e. The van der Waals surface area contributed by atoms with E-state index in [0.29, 0.717) is 32.2 Å². The summed E-state index contributed by atoms with van der Waals surface area (Å²) in [5.41, 5.74) is 2.09. The number of urea groups is 1. The fourth-order valence-electron chi connectivity index (χ4n) is 4.51. The van der Waals surface area contributed by atoms with Gasteiger partial charge < -0.3 is 14.5 Å². The molecule has 168 valence electrons. The number of hydrogen-bond donors (Lipinski definition) is 0. The van der Waals surface area contributed by atoms with Crippen molar-refractivity contribution in [2.75, 3.05) is 12.9 Å². The molecule has 2 saturated heterocycles. The second-order valence-electron chi connectivity index (χ2n) is 8.16. The van der Waals surface area contributed by atoms with Gasteiger partial charge in [-0.05, 0) is 24.0 Å². The molecule has 32 heavy (non-hydrogen) atoms. The van der Waals surface area contributed by atoms with Gasteiger partial charge in [0.25, 0.3) is 0 Å². The Balaban J connectivity index is 1.53. The van der Waals surface area contributed by atoms with Gasteiger partial charge in [-0.2, -0.15) is 0 Å². The second-order valence-corrected chi connectivity index (χ2v) is 9.27. The molecule has 0 saturated carbocycles. The van der Waals surface area contributed by atoms with Crippen LogP contribution in [0.15, 0.2) is 60.7 Å². The average molecular weight is 453 g/mol. The van der Waals surface area contributed by atoms with Gasteiger partial charge in [-0.25, -0.2) is 4.79 Å². The first-order valence-electron chi connectivity index (χ1n) is 11.0. The summed E-state index contributed by atoms with van der Waals surface area (Å²) < 4.78 is 4.68. The highest BCUT2D eigenvalue weighted by molar-refractivity contribution is 7.99. The Bertz CT molecular complexity index is 953. The molecule has 0 spiro atoms. The molecule has 0 unspecified atom stereocenters. The van der Waals surface area contributed by atoms with Crippen LogP contribution in [0.3, 0.4) is 0 Å². The number of Topliss-reactive ketones (excluding diaryl/α,β-unsaturated/α-hetero) is 1. The van der Waals surface area contributed by atoms with E-state index < -0.39 is 6.04 Å². The van der Waals surface area contributed by atoms with Crippen molar-refractivity contribution in [3.63, 3.8) is 0 Å². The van der Waals surface area contributed by atoms with Crippen molar-refractivity contribution < 1.29 is 19.1 Å². The second kappa shape index (κ2) is 10.2. The predicted molar refractivity (Wildman–Crippen MR) is 124 cm³/mol. The Labute approximate surface area is 192 Å². The third-order valence-electron chi connectivity index (χ3n) is 6.09. The first-order valence-corrected chi connectivity index (χ1v) is 12.0. The third-order valence-corrected chi connectivity index (χ3v) is 7.44. The molecule has 2 aliphatic heterocycles. The van der Waals surface area contributed by atoms with Crippen molar-refractivity contribution in [3.8, 4) is 0 Å². The van der Waals surface area contributed by atoms with Gasteiger partial charge in [0.1, 0.15) is 11.4 Å². The fraction of sp³-hybridized carbons (Fsp3) is 0.400. The Hall–Kier alpha value is -2.80. The molecule has 0 aliphatic carbocycles. The molecular weight excluding hydrogens is 424 g/mol. The van der Waals surface area contributed by atoms with E-state index in [-0.39, 0.29) is 29.2 Å². The zero-order chi connectivity index (χ0) is 22.5. The highest BCUT2D eigenvalue weighted by Crippen LogP contribution is 2.47. The summed E-state index contributed by atoms with van der Waals surface area (Å²) >= 11 is 1.72. The summed E-state index contributed by atoms with van der Waals surface area (Å²) in [7, 11) is 1.37. The minimum absolute atomic E-state index is 0.0703. The average Bonchev–Trinajstić information content (AvgIpc) is 3.37. The van der Waals surface area contributed by atoms with Gasteiger partial charge in [0.15, 0.2) is 5.78 Å². The number of ether oxygens (including phenoxy) is 1. The van der Waals surface area contributed by atoms with E-state index in [2.05, 4.69) is 4.74 Å². The van der Waals surface area contributed by atoms with Crippen LogP contribution in [0.5, 0.6) is 0 Å². The summed E-state index contributed by atoms with van der Waals surface area (Å²) in [5, 5.41) is -0.0795. The van der Waals surface area contributed by atoms with Crippen LogP contribution in [0.1, 0.15) is 42.2 Å². The maximum Gasteiger partial charge on any atom is 0.322 e. The molecule has 0 bridgehead atoms. The topological polar surface area (TPSA) is 66.9 Å². The Morgan fingerprint density at radius 1 is 1.00 bits per heavy atom. The van der Waals surface area contributed by atoms with Gasteiger partial charge in [-0.15, -0.1) is 11.8 Å². The van der Waals surface area contributed by atoms with Crippen LogP contribution < -0.4 is 0 Å². The van der Waals surface area contributed by atoms with Crippen molar-refractivity contribution in [1.82, 2.24) is 9.80 Å². The maximum absolute atomic E-state index is 13.6. The number of unbranched alkanes of at least 4 members (excludes halogenated alkanes) is 1. The molecule has 3 atom stereocenters. The minimum Gasteiger partial charge on any atom is -0.469 e. The van der Waals surface area contributed by atoms with Crippen LogP contribution in [0.2, 0.25) is 0 Å². The molecule has 2 fully saturated rings. The minimum atomic E-state index is -0.470. The van der Waals surface area contributed by atoms with E-state index in [1.165, 1.54) is 7.11 Å². The van der Waals surface area contributed by atoms with Crippen molar-refractivity contribution in [3.05, 3.63) is 71.8 Å². The maximum atomic E-state index is 13.6. The molecule has 0 aromatic heterocycles. The Morgan fingerprint density at radius 3 is 2.34 bits per heavy atom. The quantitative estimate of drug-likeness (QED) is 0.416. The monoisotopic (exact) mass is 452 g/mol.